The summed E-state index contributed by atoms with van der Waals surface area (Å²) in [5.41, 5.74) is 4.61. The van der Waals surface area contributed by atoms with Crippen molar-refractivity contribution in [2.45, 2.75) is 63.5 Å². The zero-order chi connectivity index (χ0) is 24.1. The highest BCUT2D eigenvalue weighted by Crippen LogP contribution is 2.44. The molecule has 0 saturated heterocycles. The summed E-state index contributed by atoms with van der Waals surface area (Å²) in [7, 11) is 0. The van der Waals surface area contributed by atoms with Crippen LogP contribution in [0.2, 0.25) is 0 Å². The van der Waals surface area contributed by atoms with E-state index in [1.807, 2.05) is 24.3 Å². The third kappa shape index (κ3) is 5.24. The van der Waals surface area contributed by atoms with Crippen molar-refractivity contribution in [1.29, 1.82) is 0 Å². The number of rotatable bonds is 9. The number of amides is 2. The monoisotopic (exact) mass is 464 g/mol. The zero-order valence-electron chi connectivity index (χ0n) is 19.5. The zero-order valence-corrected chi connectivity index (χ0v) is 19.5. The van der Waals surface area contributed by atoms with E-state index in [2.05, 4.69) is 34.9 Å². The first-order valence-corrected chi connectivity index (χ1v) is 12.1. The lowest BCUT2D eigenvalue weighted by Crippen LogP contribution is -2.46. The largest absolute Gasteiger partial charge is 0.480 e. The first-order chi connectivity index (χ1) is 16.5. The number of carboxylic acid groups (broad SMARTS) is 1. The molecule has 2 aliphatic carbocycles. The van der Waals surface area contributed by atoms with Crippen molar-refractivity contribution in [3.8, 4) is 11.1 Å². The molecule has 0 radical (unpaired) electrons. The lowest BCUT2D eigenvalue weighted by molar-refractivity contribution is -0.142. The molecule has 0 heterocycles. The molecule has 1 fully saturated rings. The van der Waals surface area contributed by atoms with Gasteiger partial charge in [-0.05, 0) is 47.4 Å². The molecule has 2 atom stereocenters. The van der Waals surface area contributed by atoms with Crippen molar-refractivity contribution in [3.05, 3.63) is 59.7 Å². The quantitative estimate of drug-likeness (QED) is 0.508. The van der Waals surface area contributed by atoms with Crippen LogP contribution in [-0.2, 0) is 14.3 Å². The van der Waals surface area contributed by atoms with E-state index in [0.717, 1.165) is 47.9 Å². The Balaban J connectivity index is 1.39. The van der Waals surface area contributed by atoms with Crippen LogP contribution in [0.3, 0.4) is 0 Å². The summed E-state index contributed by atoms with van der Waals surface area (Å²) in [5, 5.41) is 14.7. The van der Waals surface area contributed by atoms with Crippen LogP contribution >= 0.6 is 0 Å². The minimum atomic E-state index is -1.06. The van der Waals surface area contributed by atoms with Crippen molar-refractivity contribution in [2.24, 2.45) is 5.92 Å². The number of ether oxygens (including phenoxy) is 1. The normalized spacial score (nSPS) is 16.9. The van der Waals surface area contributed by atoms with Crippen LogP contribution in [0.4, 0.5) is 4.79 Å². The van der Waals surface area contributed by atoms with Crippen LogP contribution in [0.1, 0.15) is 62.5 Å². The summed E-state index contributed by atoms with van der Waals surface area (Å²) in [6.45, 7) is 1.92. The van der Waals surface area contributed by atoms with Crippen molar-refractivity contribution in [1.82, 2.24) is 10.6 Å². The van der Waals surface area contributed by atoms with Gasteiger partial charge in [0.15, 0.2) is 0 Å². The molecule has 2 aliphatic rings. The molecule has 180 valence electrons. The van der Waals surface area contributed by atoms with E-state index in [4.69, 9.17) is 4.74 Å². The van der Waals surface area contributed by atoms with E-state index in [-0.39, 0.29) is 36.8 Å². The highest BCUT2D eigenvalue weighted by Gasteiger charge is 2.32. The lowest BCUT2D eigenvalue weighted by Gasteiger charge is -2.25. The molecular weight excluding hydrogens is 432 g/mol. The summed E-state index contributed by atoms with van der Waals surface area (Å²) in [6.07, 6.45) is 3.77. The first kappa shape index (κ1) is 23.8. The second kappa shape index (κ2) is 10.7. The van der Waals surface area contributed by atoms with Crippen LogP contribution in [0.15, 0.2) is 48.5 Å². The third-order valence-corrected chi connectivity index (χ3v) is 7.06. The van der Waals surface area contributed by atoms with Gasteiger partial charge in [-0.2, -0.15) is 0 Å². The third-order valence-electron chi connectivity index (χ3n) is 7.06. The molecule has 7 nitrogen and oxygen atoms in total. The summed E-state index contributed by atoms with van der Waals surface area (Å²) in [6, 6.07) is 15.0. The number of hydrogen-bond donors (Lipinski definition) is 3. The fourth-order valence-corrected chi connectivity index (χ4v) is 5.28. The predicted octanol–water partition coefficient (Wildman–Crippen LogP) is 4.45. The molecule has 0 aliphatic heterocycles. The Labute approximate surface area is 199 Å². The van der Waals surface area contributed by atoms with Gasteiger partial charge in [0.05, 0.1) is 0 Å². The van der Waals surface area contributed by atoms with Gasteiger partial charge in [-0.3, -0.25) is 4.79 Å². The number of fused-ring (bicyclic) bond motifs is 3. The molecule has 0 bridgehead atoms. The second-order valence-corrected chi connectivity index (χ2v) is 9.19. The van der Waals surface area contributed by atoms with Gasteiger partial charge in [-0.15, -0.1) is 0 Å². The number of hydrogen-bond acceptors (Lipinski definition) is 4. The summed E-state index contributed by atoms with van der Waals surface area (Å²) in [5.74, 6) is -1.29. The number of carboxylic acids is 1. The number of aliphatic carboxylic acids is 1. The molecule has 2 amide bonds. The molecule has 4 rings (SSSR count). The van der Waals surface area contributed by atoms with E-state index in [1.54, 1.807) is 6.92 Å². The SMILES string of the molecule is CC[C@@H](NC(=O)CC(NC(=O)OCC1c2ccccc2-c2ccccc21)C1CCCC1)C(=O)O. The van der Waals surface area contributed by atoms with Crippen molar-refractivity contribution < 1.29 is 24.2 Å². The van der Waals surface area contributed by atoms with Gasteiger partial charge in [0, 0.05) is 18.4 Å². The van der Waals surface area contributed by atoms with E-state index in [9.17, 15) is 19.5 Å². The Morgan fingerprint density at radius 3 is 2.12 bits per heavy atom. The Hall–Kier alpha value is -3.35. The highest BCUT2D eigenvalue weighted by molar-refractivity contribution is 5.84. The maximum atomic E-state index is 12.8. The number of carbonyl (C=O) groups is 3. The summed E-state index contributed by atoms with van der Waals surface area (Å²) >= 11 is 0. The van der Waals surface area contributed by atoms with Crippen molar-refractivity contribution >= 4 is 18.0 Å². The Kier molecular flexibility index (Phi) is 7.50. The fraction of sp³-hybridized carbons (Fsp3) is 0.444. The maximum absolute atomic E-state index is 12.8. The molecule has 0 aromatic heterocycles. The first-order valence-electron chi connectivity index (χ1n) is 12.1. The minimum Gasteiger partial charge on any atom is -0.480 e. The average molecular weight is 465 g/mol. The highest BCUT2D eigenvalue weighted by atomic mass is 16.5. The number of nitrogens with one attached hydrogen (secondary N) is 2. The van der Waals surface area contributed by atoms with Gasteiger partial charge in [-0.25, -0.2) is 9.59 Å². The molecular formula is C27H32N2O5. The van der Waals surface area contributed by atoms with Gasteiger partial charge in [0.2, 0.25) is 5.91 Å². The van der Waals surface area contributed by atoms with Crippen molar-refractivity contribution in [3.63, 3.8) is 0 Å². The van der Waals surface area contributed by atoms with Gasteiger partial charge in [0.25, 0.3) is 0 Å². The number of carbonyl (C=O) groups excluding carboxylic acids is 2. The molecule has 0 spiro atoms. The standard InChI is InChI=1S/C27H32N2O5/c1-2-23(26(31)32)28-25(30)15-24(17-9-3-4-10-17)29-27(33)34-16-22-20-13-7-5-11-18(20)19-12-6-8-14-21(19)22/h5-8,11-14,17,22-24H,2-4,9-10,15-16H2,1H3,(H,28,30)(H,29,33)(H,31,32)/t23-,24?/m1/s1. The number of benzene rings is 2. The maximum Gasteiger partial charge on any atom is 0.407 e. The van der Waals surface area contributed by atoms with Crippen LogP contribution in [0.5, 0.6) is 0 Å². The van der Waals surface area contributed by atoms with Crippen LogP contribution < -0.4 is 10.6 Å². The van der Waals surface area contributed by atoms with E-state index in [1.165, 1.54) is 0 Å². The molecule has 1 saturated carbocycles. The Morgan fingerprint density at radius 1 is 0.971 bits per heavy atom. The van der Waals surface area contributed by atoms with E-state index >= 15 is 0 Å². The lowest BCUT2D eigenvalue weighted by atomic mass is 9.95. The van der Waals surface area contributed by atoms with Crippen LogP contribution in [-0.4, -0.2) is 41.8 Å². The van der Waals surface area contributed by atoms with Gasteiger partial charge < -0.3 is 20.5 Å². The second-order valence-electron chi connectivity index (χ2n) is 9.19. The van der Waals surface area contributed by atoms with Gasteiger partial charge in [-0.1, -0.05) is 68.3 Å². The average Bonchev–Trinajstić information content (AvgIpc) is 3.47. The molecule has 3 N–H and O–H groups in total. The number of alkyl carbamates (subject to hydrolysis) is 1. The predicted molar refractivity (Wildman–Crippen MR) is 128 cm³/mol. The Bertz CT molecular complexity index is 1000. The van der Waals surface area contributed by atoms with Crippen molar-refractivity contribution in [2.75, 3.05) is 6.61 Å². The molecule has 7 heteroatoms. The van der Waals surface area contributed by atoms with Crippen LogP contribution in [0.25, 0.3) is 11.1 Å². The van der Waals surface area contributed by atoms with Crippen LogP contribution in [0, 0.1) is 5.92 Å². The summed E-state index contributed by atoms with van der Waals surface area (Å²) in [4.78, 5) is 36.6. The van der Waals surface area contributed by atoms with Gasteiger partial charge >= 0.3 is 12.1 Å². The smallest absolute Gasteiger partial charge is 0.407 e. The fourth-order valence-electron chi connectivity index (χ4n) is 5.28. The molecule has 1 unspecified atom stereocenters. The van der Waals surface area contributed by atoms with E-state index in [0.29, 0.717) is 6.42 Å². The van der Waals surface area contributed by atoms with E-state index < -0.39 is 18.1 Å². The Morgan fingerprint density at radius 2 is 1.56 bits per heavy atom. The summed E-state index contributed by atoms with van der Waals surface area (Å²) < 4.78 is 5.68. The topological polar surface area (TPSA) is 105 Å². The molecule has 34 heavy (non-hydrogen) atoms. The molecule has 2 aromatic rings. The van der Waals surface area contributed by atoms with Gasteiger partial charge in [0.1, 0.15) is 12.6 Å². The minimum absolute atomic E-state index is 0.0349. The molecule has 2 aromatic carbocycles.